The maximum atomic E-state index is 13.1. The number of nitrogens with zero attached hydrogens (tertiary/aromatic N) is 3. The maximum absolute atomic E-state index is 13.1. The van der Waals surface area contributed by atoms with E-state index in [1.807, 2.05) is 6.92 Å². The Hall–Kier alpha value is -2.48. The van der Waals surface area contributed by atoms with Crippen LogP contribution in [0.3, 0.4) is 0 Å². The maximum Gasteiger partial charge on any atom is 0.260 e. The van der Waals surface area contributed by atoms with Gasteiger partial charge >= 0.3 is 0 Å². The number of benzene rings is 1. The summed E-state index contributed by atoms with van der Waals surface area (Å²) < 4.78 is 29.3. The van der Waals surface area contributed by atoms with E-state index in [0.717, 1.165) is 6.26 Å². The van der Waals surface area contributed by atoms with Gasteiger partial charge in [-0.3, -0.25) is 4.79 Å². The summed E-state index contributed by atoms with van der Waals surface area (Å²) >= 11 is 0. The SMILES string of the molecule is CCc1nnc(C)cc1C(=O)N1CCOc2ccc(S(C)(=O)=O)cc21. The first-order valence-corrected chi connectivity index (χ1v) is 9.82. The van der Waals surface area contributed by atoms with E-state index < -0.39 is 9.84 Å². The molecule has 1 aromatic heterocycles. The molecule has 1 aliphatic heterocycles. The molecule has 0 saturated heterocycles. The molecule has 0 unspecified atom stereocenters. The number of fused-ring (bicyclic) bond motifs is 1. The van der Waals surface area contributed by atoms with Crippen molar-refractivity contribution in [1.82, 2.24) is 10.2 Å². The number of carbonyl (C=O) groups excluding carboxylic acids is 1. The molecule has 1 aromatic carbocycles. The number of amides is 1. The number of anilines is 1. The van der Waals surface area contributed by atoms with E-state index in [0.29, 0.717) is 48.0 Å². The lowest BCUT2D eigenvalue weighted by Gasteiger charge is -2.30. The average molecular weight is 361 g/mol. The summed E-state index contributed by atoms with van der Waals surface area (Å²) in [5, 5.41) is 8.10. The summed E-state index contributed by atoms with van der Waals surface area (Å²) in [4.78, 5) is 14.8. The first-order valence-electron chi connectivity index (χ1n) is 7.93. The second-order valence-corrected chi connectivity index (χ2v) is 7.92. The highest BCUT2D eigenvalue weighted by atomic mass is 32.2. The second-order valence-electron chi connectivity index (χ2n) is 5.91. The fourth-order valence-corrected chi connectivity index (χ4v) is 3.39. The first kappa shape index (κ1) is 17.3. The Morgan fingerprint density at radius 3 is 2.72 bits per heavy atom. The van der Waals surface area contributed by atoms with Gasteiger partial charge in [-0.1, -0.05) is 6.92 Å². The molecule has 0 fully saturated rings. The molecule has 2 aromatic rings. The van der Waals surface area contributed by atoms with Crippen molar-refractivity contribution < 1.29 is 17.9 Å². The van der Waals surface area contributed by atoms with Crippen molar-refractivity contribution in [2.45, 2.75) is 25.2 Å². The van der Waals surface area contributed by atoms with Crippen LogP contribution in [0.1, 0.15) is 28.7 Å². The van der Waals surface area contributed by atoms with Gasteiger partial charge in [0.15, 0.2) is 9.84 Å². The van der Waals surface area contributed by atoms with E-state index in [4.69, 9.17) is 4.74 Å². The summed E-state index contributed by atoms with van der Waals surface area (Å²) in [6.45, 7) is 4.36. The summed E-state index contributed by atoms with van der Waals surface area (Å²) in [7, 11) is -3.39. The Kier molecular flexibility index (Phi) is 4.47. The van der Waals surface area contributed by atoms with Gasteiger partial charge in [-0.05, 0) is 37.6 Å². The first-order chi connectivity index (χ1) is 11.8. The van der Waals surface area contributed by atoms with Gasteiger partial charge in [0, 0.05) is 6.26 Å². The highest BCUT2D eigenvalue weighted by Gasteiger charge is 2.28. The largest absolute Gasteiger partial charge is 0.490 e. The van der Waals surface area contributed by atoms with Crippen LogP contribution < -0.4 is 9.64 Å². The number of rotatable bonds is 3. The zero-order valence-electron chi connectivity index (χ0n) is 14.3. The van der Waals surface area contributed by atoms with Gasteiger partial charge in [-0.15, -0.1) is 0 Å². The minimum atomic E-state index is -3.39. The molecule has 0 aliphatic carbocycles. The number of ether oxygens (including phenoxy) is 1. The zero-order valence-corrected chi connectivity index (χ0v) is 15.1. The molecule has 1 amide bonds. The predicted molar refractivity (Wildman–Crippen MR) is 92.9 cm³/mol. The van der Waals surface area contributed by atoms with Gasteiger partial charge in [0.05, 0.1) is 34.1 Å². The van der Waals surface area contributed by atoms with E-state index in [1.54, 1.807) is 24.0 Å². The third-order valence-corrected chi connectivity index (χ3v) is 5.14. The quantitative estimate of drug-likeness (QED) is 0.828. The monoisotopic (exact) mass is 361 g/mol. The fraction of sp³-hybridized carbons (Fsp3) is 0.353. The molecule has 0 N–H and O–H groups in total. The molecule has 25 heavy (non-hydrogen) atoms. The molecule has 7 nitrogen and oxygen atoms in total. The lowest BCUT2D eigenvalue weighted by atomic mass is 10.1. The molecular formula is C17H19N3O4S. The summed E-state index contributed by atoms with van der Waals surface area (Å²) in [5.74, 6) is 0.258. The molecular weight excluding hydrogens is 342 g/mol. The van der Waals surface area contributed by atoms with Crippen molar-refractivity contribution in [3.63, 3.8) is 0 Å². The van der Waals surface area contributed by atoms with Gasteiger partial charge < -0.3 is 9.64 Å². The number of carbonyl (C=O) groups is 1. The molecule has 0 radical (unpaired) electrons. The van der Waals surface area contributed by atoms with E-state index in [2.05, 4.69) is 10.2 Å². The van der Waals surface area contributed by atoms with E-state index in [-0.39, 0.29) is 10.8 Å². The molecule has 132 valence electrons. The van der Waals surface area contributed by atoms with Crippen molar-refractivity contribution in [3.05, 3.63) is 41.2 Å². The van der Waals surface area contributed by atoms with Crippen LogP contribution in [0.5, 0.6) is 5.75 Å². The number of sulfone groups is 1. The average Bonchev–Trinajstić information content (AvgIpc) is 2.59. The standard InChI is InChI=1S/C17H19N3O4S/c1-4-14-13(9-11(2)18-19-14)17(21)20-7-8-24-16-6-5-12(10-15(16)20)25(3,22)23/h5-6,9-10H,4,7-8H2,1-3H3. The molecule has 0 atom stereocenters. The van der Waals surface area contributed by atoms with Crippen molar-refractivity contribution in [2.75, 3.05) is 24.3 Å². The minimum Gasteiger partial charge on any atom is -0.490 e. The number of hydrogen-bond donors (Lipinski definition) is 0. The number of aromatic nitrogens is 2. The van der Waals surface area contributed by atoms with Crippen LogP contribution in [0.2, 0.25) is 0 Å². The minimum absolute atomic E-state index is 0.147. The van der Waals surface area contributed by atoms with Gasteiger partial charge in [0.1, 0.15) is 12.4 Å². The fourth-order valence-electron chi connectivity index (χ4n) is 2.74. The molecule has 0 saturated carbocycles. The normalized spacial score (nSPS) is 14.0. The third kappa shape index (κ3) is 3.34. The summed E-state index contributed by atoms with van der Waals surface area (Å²) in [6.07, 6.45) is 1.71. The van der Waals surface area contributed by atoms with Crippen LogP contribution in [-0.4, -0.2) is 43.9 Å². The van der Waals surface area contributed by atoms with Crippen molar-refractivity contribution in [1.29, 1.82) is 0 Å². The van der Waals surface area contributed by atoms with Crippen molar-refractivity contribution in [2.24, 2.45) is 0 Å². The molecule has 0 spiro atoms. The van der Waals surface area contributed by atoms with Crippen LogP contribution in [-0.2, 0) is 16.3 Å². The Morgan fingerprint density at radius 2 is 2.04 bits per heavy atom. The second kappa shape index (κ2) is 6.44. The van der Waals surface area contributed by atoms with Crippen molar-refractivity contribution in [3.8, 4) is 5.75 Å². The van der Waals surface area contributed by atoms with Crippen LogP contribution in [0.25, 0.3) is 0 Å². The van der Waals surface area contributed by atoms with Gasteiger partial charge in [0.2, 0.25) is 0 Å². The smallest absolute Gasteiger partial charge is 0.260 e. The topological polar surface area (TPSA) is 89.5 Å². The molecule has 3 rings (SSSR count). The molecule has 2 heterocycles. The van der Waals surface area contributed by atoms with E-state index >= 15 is 0 Å². The van der Waals surface area contributed by atoms with Crippen molar-refractivity contribution >= 4 is 21.4 Å². The van der Waals surface area contributed by atoms with E-state index in [9.17, 15) is 13.2 Å². The summed E-state index contributed by atoms with van der Waals surface area (Å²) in [6, 6.07) is 6.26. The van der Waals surface area contributed by atoms with Crippen LogP contribution >= 0.6 is 0 Å². The highest BCUT2D eigenvalue weighted by Crippen LogP contribution is 2.35. The van der Waals surface area contributed by atoms with Gasteiger partial charge in [0.25, 0.3) is 5.91 Å². The predicted octanol–water partition coefficient (Wildman–Crippen LogP) is 1.79. The van der Waals surface area contributed by atoms with Crippen LogP contribution in [0, 0.1) is 6.92 Å². The van der Waals surface area contributed by atoms with Gasteiger partial charge in [-0.25, -0.2) is 8.42 Å². The lowest BCUT2D eigenvalue weighted by Crippen LogP contribution is -2.38. The summed E-state index contributed by atoms with van der Waals surface area (Å²) in [5.41, 5.74) is 2.20. The molecule has 8 heteroatoms. The Bertz CT molecular complexity index is 941. The Labute approximate surface area is 146 Å². The Balaban J connectivity index is 2.09. The van der Waals surface area contributed by atoms with Gasteiger partial charge in [-0.2, -0.15) is 10.2 Å². The number of aryl methyl sites for hydroxylation is 2. The molecule has 0 bridgehead atoms. The molecule has 1 aliphatic rings. The van der Waals surface area contributed by atoms with Crippen LogP contribution in [0.4, 0.5) is 5.69 Å². The lowest BCUT2D eigenvalue weighted by molar-refractivity contribution is 0.0974. The zero-order chi connectivity index (χ0) is 18.2. The number of hydrogen-bond acceptors (Lipinski definition) is 6. The third-order valence-electron chi connectivity index (χ3n) is 4.02. The van der Waals surface area contributed by atoms with E-state index in [1.165, 1.54) is 12.1 Å². The Morgan fingerprint density at radius 1 is 1.28 bits per heavy atom. The highest BCUT2D eigenvalue weighted by molar-refractivity contribution is 7.90. The van der Waals surface area contributed by atoms with Crippen LogP contribution in [0.15, 0.2) is 29.2 Å².